The zero-order chi connectivity index (χ0) is 67.1. The fourth-order valence-corrected chi connectivity index (χ4v) is 11.7. The number of aryl methyl sites for hydroxylation is 1. The maximum Gasteiger partial charge on any atom is 0.315 e. The van der Waals surface area contributed by atoms with Gasteiger partial charge in [0.1, 0.15) is 54.6 Å². The van der Waals surface area contributed by atoms with Gasteiger partial charge in [0, 0.05) is 56.1 Å². The number of fused-ring (bicyclic) bond motifs is 3. The number of amides is 12. The number of aliphatic imine (C=N–C) groups is 1. The number of aromatic hydroxyl groups is 1. The van der Waals surface area contributed by atoms with Gasteiger partial charge in [0.2, 0.25) is 59.1 Å². The Morgan fingerprint density at radius 3 is 2.07 bits per heavy atom. The summed E-state index contributed by atoms with van der Waals surface area (Å²) in [6, 6.07) is -5.09. The van der Waals surface area contributed by atoms with Gasteiger partial charge in [-0.3, -0.25) is 57.6 Å². The Morgan fingerprint density at radius 2 is 1.37 bits per heavy atom. The van der Waals surface area contributed by atoms with Gasteiger partial charge in [0.05, 0.1) is 63.8 Å². The van der Waals surface area contributed by atoms with Crippen molar-refractivity contribution < 1.29 is 77.2 Å². The third-order valence-electron chi connectivity index (χ3n) is 14.8. The van der Waals surface area contributed by atoms with Crippen LogP contribution in [0.15, 0.2) is 35.5 Å². The van der Waals surface area contributed by atoms with Gasteiger partial charge in [0.25, 0.3) is 0 Å². The van der Waals surface area contributed by atoms with Gasteiger partial charge < -0.3 is 101 Å². The van der Waals surface area contributed by atoms with E-state index in [1.807, 2.05) is 11.8 Å². The van der Waals surface area contributed by atoms with Crippen molar-refractivity contribution in [2.24, 2.45) is 33.8 Å². The second-order valence-electron chi connectivity index (χ2n) is 22.9. The van der Waals surface area contributed by atoms with Gasteiger partial charge >= 0.3 is 6.03 Å². The minimum atomic E-state index is -1.82. The molecule has 10 atom stereocenters. The molecule has 0 radical (unpaired) electrons. The molecule has 4 heterocycles. The molecule has 0 saturated carbocycles. The first-order chi connectivity index (χ1) is 44.0. The Bertz CT molecular complexity index is 2830. The highest BCUT2D eigenvalue weighted by atomic mass is 32.2. The average molecular weight is 1320 g/mol. The monoisotopic (exact) mass is 1310 g/mol. The fourth-order valence-electron chi connectivity index (χ4n) is 10.1. The number of aliphatic hydroxyl groups excluding tert-OH is 1. The summed E-state index contributed by atoms with van der Waals surface area (Å²) in [6.45, 7) is 3.08. The summed E-state index contributed by atoms with van der Waals surface area (Å²) < 4.78 is 18.1. The van der Waals surface area contributed by atoms with Crippen molar-refractivity contribution >= 4 is 82.8 Å². The van der Waals surface area contributed by atoms with Crippen molar-refractivity contribution in [2.75, 3.05) is 65.1 Å². The van der Waals surface area contributed by atoms with Crippen LogP contribution in [0.1, 0.15) is 95.7 Å². The largest absolute Gasteiger partial charge is 0.508 e. The summed E-state index contributed by atoms with van der Waals surface area (Å²) in [5.41, 5.74) is 22.9. The summed E-state index contributed by atoms with van der Waals surface area (Å²) in [7, 11) is 0. The second kappa shape index (κ2) is 39.1. The first-order valence-electron chi connectivity index (χ1n) is 30.7. The van der Waals surface area contributed by atoms with Crippen LogP contribution in [0.4, 0.5) is 4.79 Å². The van der Waals surface area contributed by atoms with Crippen molar-refractivity contribution in [3.8, 4) is 5.75 Å². The van der Waals surface area contributed by atoms with E-state index < -0.39 is 115 Å². The molecule has 35 heteroatoms. The number of nitrogens with two attached hydrogens (primary N) is 4. The van der Waals surface area contributed by atoms with E-state index in [9.17, 15) is 63.0 Å². The van der Waals surface area contributed by atoms with E-state index in [0.717, 1.165) is 25.0 Å². The number of benzene rings is 1. The molecule has 0 spiro atoms. The molecule has 0 unspecified atom stereocenters. The van der Waals surface area contributed by atoms with Crippen molar-refractivity contribution in [2.45, 2.75) is 163 Å². The summed E-state index contributed by atoms with van der Waals surface area (Å²) in [4.78, 5) is 151. The molecule has 2 bridgehead atoms. The van der Waals surface area contributed by atoms with E-state index in [2.05, 4.69) is 68.5 Å². The summed E-state index contributed by atoms with van der Waals surface area (Å²) in [5, 5.41) is 55.6. The molecule has 92 heavy (non-hydrogen) atoms. The predicted molar refractivity (Wildman–Crippen MR) is 332 cm³/mol. The number of aromatic nitrogens is 3. The molecule has 5 rings (SSSR count). The summed E-state index contributed by atoms with van der Waals surface area (Å²) in [6.07, 6.45) is 3.61. The van der Waals surface area contributed by atoms with Crippen LogP contribution in [-0.4, -0.2) is 221 Å². The number of aliphatic hydroxyl groups is 1. The number of hydrogen-bond donors (Lipinski definition) is 16. The zero-order valence-electron chi connectivity index (χ0n) is 51.8. The van der Waals surface area contributed by atoms with Gasteiger partial charge in [-0.2, -0.15) is 11.8 Å². The molecule has 3 aliphatic rings. The van der Waals surface area contributed by atoms with E-state index in [4.69, 9.17) is 37.1 Å². The van der Waals surface area contributed by atoms with Crippen LogP contribution in [0.5, 0.6) is 5.75 Å². The maximum absolute atomic E-state index is 14.4. The maximum atomic E-state index is 14.4. The Morgan fingerprint density at radius 1 is 0.728 bits per heavy atom. The summed E-state index contributed by atoms with van der Waals surface area (Å²) >= 11 is 1.84. The molecule has 20 N–H and O–H groups in total. The lowest BCUT2D eigenvalue weighted by Gasteiger charge is -2.27. The molecule has 0 aliphatic carbocycles. The Balaban J connectivity index is 1.26. The van der Waals surface area contributed by atoms with Crippen LogP contribution in [0.2, 0.25) is 0 Å². The number of carbonyl (C=O) groups is 11. The predicted octanol–water partition coefficient (Wildman–Crippen LogP) is -5.31. The van der Waals surface area contributed by atoms with Crippen LogP contribution >= 0.6 is 11.8 Å². The number of rotatable bonds is 29. The average Bonchev–Trinajstić information content (AvgIpc) is 1.67. The number of ether oxygens (including phenoxy) is 3. The number of phenolic OH excluding ortho intramolecular Hbond substituents is 1. The highest BCUT2D eigenvalue weighted by molar-refractivity contribution is 8.00. The number of thioether (sulfide) groups is 1. The number of nitrogens with one attached hydrogen (secondary N) is 10. The number of guanidine groups is 1. The van der Waals surface area contributed by atoms with E-state index in [1.54, 1.807) is 13.8 Å². The van der Waals surface area contributed by atoms with E-state index in [-0.39, 0.29) is 132 Å². The fraction of sp³-hybridized carbons (Fsp3) is 0.649. The van der Waals surface area contributed by atoms with E-state index in [1.165, 1.54) is 35.1 Å². The van der Waals surface area contributed by atoms with Gasteiger partial charge in [-0.05, 0) is 75.0 Å². The number of hydrogen-bond acceptors (Lipinski definition) is 20. The van der Waals surface area contributed by atoms with Gasteiger partial charge in [-0.25, -0.2) is 4.79 Å². The molecule has 2 saturated heterocycles. The van der Waals surface area contributed by atoms with Crippen LogP contribution in [0.25, 0.3) is 0 Å². The van der Waals surface area contributed by atoms with Gasteiger partial charge in [0.15, 0.2) is 5.96 Å². The standard InChI is InChI=1S/C57H90N18O16S/c1-32(2)24-38-51(83)65-36(49(59)81)8-5-6-18-75-28-34(73-74-75)26-40(64-47(80)30-91-23-22-90-21-20-89-19-17-62-46(79)11-4-3-10-44-48-43(31-92-44)71-57(88)72-48)53(85)66-37(9-7-16-63-56(60)61)50(82)70-42(29-76)55(87)68-39(25-33-12-14-35(77)15-13-33)52(84)69-41(27-45(58)78)54(86)67-38/h12-15,28,32,36-44,48,76-77H,3-11,16-27,29-31H2,1-2H3,(H2,58,78)(H2,59,81)(H,62,79)(H,64,80)(H,65,83)(H,66,85)(H,67,86)(H,68,87)(H,69,84)(H,70,82)(H4,60,61,63)(H2,71,72,88)/t36-,37-,38-,39-,40-,41-,42-,43-,44-,48-/m0/s1. The molecule has 1 aromatic carbocycles. The Kier molecular flexibility index (Phi) is 31.6. The van der Waals surface area contributed by atoms with Crippen molar-refractivity contribution in [1.29, 1.82) is 0 Å². The SMILES string of the molecule is CC(C)C[C@@H]1NC(=O)[C@H](CC(N)=O)NC(=O)[C@H](Cc2ccc(O)cc2)NC(=O)[C@H](CO)NC(=O)[C@H](CCCN=C(N)N)NC(=O)[C@@H](NC(=O)COCCOCCOCCNC(=O)CCCC[C@@H]2SC[C@@H]3NC(=O)N[C@@H]32)Cc2cn(nn2)CCCC[C@@H](C(N)=O)NC1=O. The smallest absolute Gasteiger partial charge is 0.315 e. The molecule has 12 amide bonds. The molecule has 510 valence electrons. The molecule has 2 fully saturated rings. The van der Waals surface area contributed by atoms with E-state index in [0.29, 0.717) is 36.6 Å². The minimum Gasteiger partial charge on any atom is -0.508 e. The second-order valence-corrected chi connectivity index (χ2v) is 24.1. The van der Waals surface area contributed by atoms with Gasteiger partial charge in [-0.15, -0.1) is 5.10 Å². The lowest BCUT2D eigenvalue weighted by atomic mass is 10.0. The highest BCUT2D eigenvalue weighted by Gasteiger charge is 2.43. The van der Waals surface area contributed by atoms with Gasteiger partial charge in [-0.1, -0.05) is 37.6 Å². The lowest BCUT2D eigenvalue weighted by Crippen LogP contribution is -2.61. The number of carbonyl (C=O) groups excluding carboxylic acids is 11. The number of phenols is 1. The molecule has 1 aromatic heterocycles. The third-order valence-corrected chi connectivity index (χ3v) is 16.4. The van der Waals surface area contributed by atoms with Crippen molar-refractivity contribution in [1.82, 2.24) is 68.2 Å². The molecular weight excluding hydrogens is 1220 g/mol. The van der Waals surface area contributed by atoms with Crippen LogP contribution < -0.4 is 76.1 Å². The lowest BCUT2D eigenvalue weighted by molar-refractivity contribution is -0.137. The normalized spacial score (nSPS) is 23.8. The zero-order valence-corrected chi connectivity index (χ0v) is 52.6. The Hall–Kier alpha value is -8.41. The number of urea groups is 1. The molecule has 2 aromatic rings. The van der Waals surface area contributed by atoms with Crippen LogP contribution in [0.3, 0.4) is 0 Å². The Labute approximate surface area is 536 Å². The number of nitrogens with zero attached hydrogens (tertiary/aromatic N) is 4. The molecular formula is C57H90N18O16S. The minimum absolute atomic E-state index is 0.0192. The van der Waals surface area contributed by atoms with Crippen LogP contribution in [0, 0.1) is 5.92 Å². The quantitative estimate of drug-likeness (QED) is 0.0157. The first kappa shape index (κ1) is 74.3. The molecule has 34 nitrogen and oxygen atoms in total. The number of primary amides is 2. The van der Waals surface area contributed by atoms with Crippen molar-refractivity contribution in [3.63, 3.8) is 0 Å². The third kappa shape index (κ3) is 26.8. The topological polar surface area (TPSA) is 523 Å². The molecule has 3 aliphatic heterocycles. The summed E-state index contributed by atoms with van der Waals surface area (Å²) in [5.74, 6) is -8.49. The van der Waals surface area contributed by atoms with E-state index >= 15 is 0 Å². The number of unbranched alkanes of at least 4 members (excludes halogenated alkanes) is 1. The van der Waals surface area contributed by atoms with Crippen molar-refractivity contribution in [3.05, 3.63) is 41.7 Å². The first-order valence-corrected chi connectivity index (χ1v) is 31.7. The van der Waals surface area contributed by atoms with Crippen LogP contribution in [-0.2, 0) is 81.5 Å². The highest BCUT2D eigenvalue weighted by Crippen LogP contribution is 2.33.